The van der Waals surface area contributed by atoms with E-state index in [1.54, 1.807) is 11.3 Å². The van der Waals surface area contributed by atoms with Crippen molar-refractivity contribution in [1.82, 2.24) is 14.9 Å². The van der Waals surface area contributed by atoms with Crippen molar-refractivity contribution in [2.24, 2.45) is 0 Å². The maximum atomic E-state index is 4.39. The van der Waals surface area contributed by atoms with Crippen LogP contribution in [0.5, 0.6) is 0 Å². The summed E-state index contributed by atoms with van der Waals surface area (Å²) in [5, 5.41) is 6.98. The summed E-state index contributed by atoms with van der Waals surface area (Å²) in [5.41, 5.74) is 5.78. The average molecular weight is 299 g/mol. The van der Waals surface area contributed by atoms with E-state index >= 15 is 0 Å². The number of nitrogens with one attached hydrogen (secondary N) is 1. The number of fused-ring (bicyclic) bond motifs is 1. The van der Waals surface area contributed by atoms with Gasteiger partial charge < -0.3 is 9.88 Å². The lowest BCUT2D eigenvalue weighted by atomic mass is 10.1. The zero-order chi connectivity index (χ0) is 14.9. The Kier molecular flexibility index (Phi) is 3.83. The third-order valence-corrected chi connectivity index (χ3v) is 4.13. The summed E-state index contributed by atoms with van der Waals surface area (Å²) in [6.45, 7) is 8.30. The highest BCUT2D eigenvalue weighted by molar-refractivity contribution is 7.07. The van der Waals surface area contributed by atoms with E-state index < -0.39 is 0 Å². The second-order valence-electron chi connectivity index (χ2n) is 6.38. The molecule has 0 aliphatic carbocycles. The Morgan fingerprint density at radius 2 is 2.10 bits per heavy atom. The van der Waals surface area contributed by atoms with Crippen LogP contribution in [-0.4, -0.2) is 15.1 Å². The molecule has 0 unspecified atom stereocenters. The predicted molar refractivity (Wildman–Crippen MR) is 89.7 cm³/mol. The Bertz CT molecular complexity index is 720. The fraction of sp³-hybridized carbons (Fsp3) is 0.353. The Hall–Kier alpha value is -1.65. The van der Waals surface area contributed by atoms with Crippen LogP contribution >= 0.6 is 11.3 Å². The minimum Gasteiger partial charge on any atom is -0.341 e. The van der Waals surface area contributed by atoms with Crippen LogP contribution in [0, 0.1) is 0 Å². The monoisotopic (exact) mass is 299 g/mol. The average Bonchev–Trinajstić information content (AvgIpc) is 3.06. The first-order valence-electron chi connectivity index (χ1n) is 7.22. The number of rotatable bonds is 4. The molecular formula is C17H21N3S. The van der Waals surface area contributed by atoms with Gasteiger partial charge in [-0.15, -0.1) is 11.3 Å². The predicted octanol–water partition coefficient (Wildman–Crippen LogP) is 4.03. The second-order valence-corrected chi connectivity index (χ2v) is 7.10. The Morgan fingerprint density at radius 3 is 2.81 bits per heavy atom. The van der Waals surface area contributed by atoms with Crippen LogP contribution in [0.4, 0.5) is 0 Å². The molecule has 1 N–H and O–H groups in total. The van der Waals surface area contributed by atoms with E-state index in [1.165, 1.54) is 16.5 Å². The highest BCUT2D eigenvalue weighted by Crippen LogP contribution is 2.22. The molecule has 0 aliphatic rings. The Morgan fingerprint density at radius 1 is 1.24 bits per heavy atom. The molecule has 21 heavy (non-hydrogen) atoms. The van der Waals surface area contributed by atoms with Crippen LogP contribution in [0.1, 0.15) is 32.0 Å². The summed E-state index contributed by atoms with van der Waals surface area (Å²) < 4.78 is 2.30. The van der Waals surface area contributed by atoms with Crippen molar-refractivity contribution in [2.45, 2.75) is 39.4 Å². The zero-order valence-corrected chi connectivity index (χ0v) is 13.6. The van der Waals surface area contributed by atoms with Gasteiger partial charge in [0.1, 0.15) is 0 Å². The van der Waals surface area contributed by atoms with Gasteiger partial charge in [0.25, 0.3) is 0 Å². The molecule has 3 rings (SSSR count). The van der Waals surface area contributed by atoms with Gasteiger partial charge in [-0.3, -0.25) is 0 Å². The zero-order valence-electron chi connectivity index (χ0n) is 12.8. The maximum Gasteiger partial charge on any atom is 0.0795 e. The van der Waals surface area contributed by atoms with Crippen molar-refractivity contribution >= 4 is 22.2 Å². The lowest BCUT2D eigenvalue weighted by Gasteiger charge is -2.21. The van der Waals surface area contributed by atoms with E-state index in [0.29, 0.717) is 0 Å². The molecule has 2 heterocycles. The van der Waals surface area contributed by atoms with Crippen molar-refractivity contribution in [1.29, 1.82) is 0 Å². The quantitative estimate of drug-likeness (QED) is 0.788. The molecule has 0 radical (unpaired) electrons. The molecule has 3 nitrogen and oxygen atoms in total. The summed E-state index contributed by atoms with van der Waals surface area (Å²) in [6.07, 6.45) is 2.16. The van der Waals surface area contributed by atoms with E-state index in [4.69, 9.17) is 0 Å². The van der Waals surface area contributed by atoms with Gasteiger partial charge >= 0.3 is 0 Å². The standard InChI is InChI=1S/C17H21N3S/c1-17(2,3)19-9-14-6-4-5-13-7-8-20(16(13)14)10-15-11-21-12-18-15/h4-8,11-12,19H,9-10H2,1-3H3. The van der Waals surface area contributed by atoms with Gasteiger partial charge in [-0.25, -0.2) is 4.98 Å². The molecule has 110 valence electrons. The minimum absolute atomic E-state index is 0.120. The van der Waals surface area contributed by atoms with Crippen molar-refractivity contribution in [3.63, 3.8) is 0 Å². The molecule has 0 bridgehead atoms. The molecule has 0 saturated heterocycles. The van der Waals surface area contributed by atoms with Gasteiger partial charge in [-0.2, -0.15) is 0 Å². The highest BCUT2D eigenvalue weighted by Gasteiger charge is 2.12. The first-order chi connectivity index (χ1) is 10.0. The number of hydrogen-bond acceptors (Lipinski definition) is 3. The smallest absolute Gasteiger partial charge is 0.0795 e. The fourth-order valence-electron chi connectivity index (χ4n) is 2.47. The fourth-order valence-corrected chi connectivity index (χ4v) is 3.02. The van der Waals surface area contributed by atoms with Gasteiger partial charge in [0.05, 0.1) is 23.3 Å². The Labute approximate surface area is 129 Å². The highest BCUT2D eigenvalue weighted by atomic mass is 32.1. The van der Waals surface area contributed by atoms with Gasteiger partial charge in [-0.05, 0) is 37.8 Å². The van der Waals surface area contributed by atoms with E-state index in [2.05, 4.69) is 71.5 Å². The molecule has 4 heteroatoms. The molecule has 0 fully saturated rings. The molecule has 1 aromatic carbocycles. The van der Waals surface area contributed by atoms with Crippen molar-refractivity contribution in [3.8, 4) is 0 Å². The lowest BCUT2D eigenvalue weighted by molar-refractivity contribution is 0.425. The molecule has 3 aromatic rings. The first-order valence-corrected chi connectivity index (χ1v) is 8.16. The van der Waals surface area contributed by atoms with E-state index in [1.807, 2.05) is 5.51 Å². The van der Waals surface area contributed by atoms with Crippen LogP contribution in [0.3, 0.4) is 0 Å². The number of aromatic nitrogens is 2. The van der Waals surface area contributed by atoms with E-state index in [0.717, 1.165) is 18.8 Å². The van der Waals surface area contributed by atoms with Crippen molar-refractivity contribution in [3.05, 3.63) is 52.6 Å². The number of benzene rings is 1. The number of hydrogen-bond donors (Lipinski definition) is 1. The van der Waals surface area contributed by atoms with E-state index in [-0.39, 0.29) is 5.54 Å². The Balaban J connectivity index is 1.94. The summed E-state index contributed by atoms with van der Waals surface area (Å²) in [6, 6.07) is 8.70. The summed E-state index contributed by atoms with van der Waals surface area (Å²) >= 11 is 1.65. The summed E-state index contributed by atoms with van der Waals surface area (Å²) in [7, 11) is 0. The topological polar surface area (TPSA) is 29.9 Å². The SMILES string of the molecule is CC(C)(C)NCc1cccc2ccn(Cc3cscn3)c12. The van der Waals surface area contributed by atoms with E-state index in [9.17, 15) is 0 Å². The van der Waals surface area contributed by atoms with Gasteiger partial charge in [-0.1, -0.05) is 18.2 Å². The maximum absolute atomic E-state index is 4.39. The van der Waals surface area contributed by atoms with Crippen LogP contribution in [-0.2, 0) is 13.1 Å². The summed E-state index contributed by atoms with van der Waals surface area (Å²) in [4.78, 5) is 4.39. The van der Waals surface area contributed by atoms with Gasteiger partial charge in [0, 0.05) is 23.7 Å². The normalized spacial score (nSPS) is 12.1. The first kappa shape index (κ1) is 14.3. The van der Waals surface area contributed by atoms with Crippen LogP contribution in [0.2, 0.25) is 0 Å². The van der Waals surface area contributed by atoms with Crippen LogP contribution < -0.4 is 5.32 Å². The van der Waals surface area contributed by atoms with Gasteiger partial charge in [0.15, 0.2) is 0 Å². The molecule has 0 spiro atoms. The molecule has 0 amide bonds. The molecule has 2 aromatic heterocycles. The molecule has 0 aliphatic heterocycles. The summed E-state index contributed by atoms with van der Waals surface area (Å²) in [5.74, 6) is 0. The lowest BCUT2D eigenvalue weighted by Crippen LogP contribution is -2.35. The second kappa shape index (κ2) is 5.62. The third kappa shape index (κ3) is 3.34. The van der Waals surface area contributed by atoms with Crippen molar-refractivity contribution in [2.75, 3.05) is 0 Å². The number of thiazole rings is 1. The molecule has 0 saturated carbocycles. The van der Waals surface area contributed by atoms with Crippen molar-refractivity contribution < 1.29 is 0 Å². The van der Waals surface area contributed by atoms with Crippen LogP contribution in [0.25, 0.3) is 10.9 Å². The number of nitrogens with zero attached hydrogens (tertiary/aromatic N) is 2. The largest absolute Gasteiger partial charge is 0.341 e. The van der Waals surface area contributed by atoms with Crippen LogP contribution in [0.15, 0.2) is 41.4 Å². The number of para-hydroxylation sites is 1. The molecule has 0 atom stereocenters. The third-order valence-electron chi connectivity index (χ3n) is 3.50. The van der Waals surface area contributed by atoms with Gasteiger partial charge in [0.2, 0.25) is 0 Å². The molecular weight excluding hydrogens is 278 g/mol. The minimum atomic E-state index is 0.120.